The van der Waals surface area contributed by atoms with Crippen LogP contribution in [-0.2, 0) is 11.3 Å². The van der Waals surface area contributed by atoms with E-state index in [1.54, 1.807) is 6.92 Å². The fourth-order valence-electron chi connectivity index (χ4n) is 1.98. The molecule has 1 fully saturated rings. The molecule has 0 radical (unpaired) electrons. The van der Waals surface area contributed by atoms with Gasteiger partial charge in [0.2, 0.25) is 5.76 Å². The van der Waals surface area contributed by atoms with Gasteiger partial charge in [0, 0.05) is 0 Å². The van der Waals surface area contributed by atoms with E-state index in [4.69, 9.17) is 9.52 Å². The number of urea groups is 1. The first-order valence-electron chi connectivity index (χ1n) is 6.22. The first kappa shape index (κ1) is 14.1. The summed E-state index contributed by atoms with van der Waals surface area (Å²) in [6.07, 6.45) is 0. The Labute approximate surface area is 115 Å². The number of furan rings is 1. The summed E-state index contributed by atoms with van der Waals surface area (Å²) in [5.74, 6) is -1.57. The van der Waals surface area contributed by atoms with E-state index < -0.39 is 17.5 Å². The number of carbonyl (C=O) groups is 3. The van der Waals surface area contributed by atoms with Gasteiger partial charge < -0.3 is 14.8 Å². The predicted molar refractivity (Wildman–Crippen MR) is 68.0 cm³/mol. The van der Waals surface area contributed by atoms with Crippen molar-refractivity contribution in [2.45, 2.75) is 32.9 Å². The molecule has 7 heteroatoms. The van der Waals surface area contributed by atoms with Gasteiger partial charge in [0.1, 0.15) is 11.3 Å². The smallest absolute Gasteiger partial charge is 0.371 e. The zero-order valence-electron chi connectivity index (χ0n) is 11.5. The Hall–Kier alpha value is -2.31. The van der Waals surface area contributed by atoms with E-state index in [0.717, 1.165) is 4.90 Å². The molecule has 1 aromatic heterocycles. The number of rotatable bonds is 4. The normalized spacial score (nSPS) is 22.5. The Morgan fingerprint density at radius 2 is 2.10 bits per heavy atom. The number of amides is 3. The van der Waals surface area contributed by atoms with E-state index >= 15 is 0 Å². The number of nitrogens with zero attached hydrogens (tertiary/aromatic N) is 1. The third-order valence-electron chi connectivity index (χ3n) is 3.64. The van der Waals surface area contributed by atoms with Crippen LogP contribution in [0.5, 0.6) is 0 Å². The number of imide groups is 1. The molecule has 1 aliphatic heterocycles. The van der Waals surface area contributed by atoms with Crippen molar-refractivity contribution in [2.24, 2.45) is 5.92 Å². The van der Waals surface area contributed by atoms with Gasteiger partial charge in [-0.2, -0.15) is 0 Å². The Kier molecular flexibility index (Phi) is 3.29. The molecule has 1 unspecified atom stereocenters. The molecular weight excluding hydrogens is 264 g/mol. The summed E-state index contributed by atoms with van der Waals surface area (Å²) in [6.45, 7) is 5.27. The molecule has 0 aliphatic carbocycles. The second-order valence-corrected chi connectivity index (χ2v) is 5.25. The largest absolute Gasteiger partial charge is 0.475 e. The van der Waals surface area contributed by atoms with Crippen molar-refractivity contribution in [3.05, 3.63) is 23.7 Å². The van der Waals surface area contributed by atoms with Gasteiger partial charge in [0.25, 0.3) is 5.91 Å². The summed E-state index contributed by atoms with van der Waals surface area (Å²) in [5.41, 5.74) is -0.945. The van der Waals surface area contributed by atoms with Crippen LogP contribution in [0.25, 0.3) is 0 Å². The van der Waals surface area contributed by atoms with E-state index in [9.17, 15) is 14.4 Å². The predicted octanol–water partition coefficient (Wildman–Crippen LogP) is 1.44. The second kappa shape index (κ2) is 4.66. The van der Waals surface area contributed by atoms with Gasteiger partial charge in [0.15, 0.2) is 0 Å². The monoisotopic (exact) mass is 280 g/mol. The molecule has 2 N–H and O–H groups in total. The molecule has 0 bridgehead atoms. The Morgan fingerprint density at radius 3 is 2.55 bits per heavy atom. The van der Waals surface area contributed by atoms with Gasteiger partial charge >= 0.3 is 12.0 Å². The van der Waals surface area contributed by atoms with Gasteiger partial charge in [-0.1, -0.05) is 13.8 Å². The molecule has 1 atom stereocenters. The highest BCUT2D eigenvalue weighted by Crippen LogP contribution is 2.26. The van der Waals surface area contributed by atoms with Gasteiger partial charge in [-0.05, 0) is 25.0 Å². The van der Waals surface area contributed by atoms with Crippen LogP contribution >= 0.6 is 0 Å². The molecule has 0 spiro atoms. The standard InChI is InChI=1S/C13H16N2O5/c1-7(2)13(3)11(18)15(12(19)14-13)6-8-4-5-9(20-8)10(16)17/h4-5,7H,6H2,1-3H3,(H,14,19)(H,16,17). The van der Waals surface area contributed by atoms with Crippen molar-refractivity contribution in [2.75, 3.05) is 0 Å². The van der Waals surface area contributed by atoms with Crippen LogP contribution in [0.3, 0.4) is 0 Å². The number of carboxylic acid groups (broad SMARTS) is 1. The quantitative estimate of drug-likeness (QED) is 0.813. The lowest BCUT2D eigenvalue weighted by molar-refractivity contribution is -0.132. The van der Waals surface area contributed by atoms with Gasteiger partial charge in [-0.15, -0.1) is 0 Å². The Bertz CT molecular complexity index is 577. The third kappa shape index (κ3) is 2.15. The summed E-state index contributed by atoms with van der Waals surface area (Å²) in [5, 5.41) is 11.4. The summed E-state index contributed by atoms with van der Waals surface area (Å²) in [4.78, 5) is 35.9. The number of carbonyl (C=O) groups excluding carboxylic acids is 2. The zero-order chi connectivity index (χ0) is 15.1. The maximum Gasteiger partial charge on any atom is 0.371 e. The maximum atomic E-state index is 12.3. The molecule has 2 heterocycles. The molecule has 1 aromatic rings. The molecular formula is C13H16N2O5. The van der Waals surface area contributed by atoms with Crippen molar-refractivity contribution < 1.29 is 23.9 Å². The van der Waals surface area contributed by atoms with E-state index in [1.807, 2.05) is 13.8 Å². The van der Waals surface area contributed by atoms with Crippen LogP contribution in [0.1, 0.15) is 37.1 Å². The Morgan fingerprint density at radius 1 is 1.45 bits per heavy atom. The molecule has 20 heavy (non-hydrogen) atoms. The minimum atomic E-state index is -1.19. The van der Waals surface area contributed by atoms with Crippen molar-refractivity contribution in [3.8, 4) is 0 Å². The molecule has 0 aromatic carbocycles. The molecule has 2 rings (SSSR count). The summed E-state index contributed by atoms with van der Waals surface area (Å²) in [6, 6.07) is 2.23. The molecule has 108 valence electrons. The first-order chi connectivity index (χ1) is 9.25. The number of carboxylic acids is 1. The highest BCUT2D eigenvalue weighted by atomic mass is 16.4. The SMILES string of the molecule is CC(C)C1(C)NC(=O)N(Cc2ccc(C(=O)O)o2)C1=O. The lowest BCUT2D eigenvalue weighted by Crippen LogP contribution is -2.48. The van der Waals surface area contributed by atoms with Crippen molar-refractivity contribution in [1.82, 2.24) is 10.2 Å². The molecule has 1 saturated heterocycles. The summed E-state index contributed by atoms with van der Waals surface area (Å²) >= 11 is 0. The highest BCUT2D eigenvalue weighted by Gasteiger charge is 2.49. The second-order valence-electron chi connectivity index (χ2n) is 5.25. The van der Waals surface area contributed by atoms with Crippen molar-refractivity contribution in [1.29, 1.82) is 0 Å². The van der Waals surface area contributed by atoms with E-state index in [2.05, 4.69) is 5.32 Å². The van der Waals surface area contributed by atoms with Gasteiger partial charge in [0.05, 0.1) is 6.54 Å². The topological polar surface area (TPSA) is 99.8 Å². The van der Waals surface area contributed by atoms with Crippen molar-refractivity contribution >= 4 is 17.9 Å². The van der Waals surface area contributed by atoms with E-state index in [-0.39, 0.29) is 29.9 Å². The average Bonchev–Trinajstić information content (AvgIpc) is 2.90. The van der Waals surface area contributed by atoms with Gasteiger partial charge in [-0.3, -0.25) is 9.69 Å². The minimum absolute atomic E-state index is 0.0601. The van der Waals surface area contributed by atoms with Crippen LogP contribution in [0.15, 0.2) is 16.5 Å². The number of hydrogen-bond acceptors (Lipinski definition) is 4. The minimum Gasteiger partial charge on any atom is -0.475 e. The molecule has 3 amide bonds. The summed E-state index contributed by atoms with van der Waals surface area (Å²) in [7, 11) is 0. The third-order valence-corrected chi connectivity index (χ3v) is 3.64. The lowest BCUT2D eigenvalue weighted by Gasteiger charge is -2.25. The van der Waals surface area contributed by atoms with E-state index in [0.29, 0.717) is 0 Å². The van der Waals surface area contributed by atoms with Crippen LogP contribution in [-0.4, -0.2) is 33.5 Å². The molecule has 1 aliphatic rings. The average molecular weight is 280 g/mol. The van der Waals surface area contributed by atoms with E-state index in [1.165, 1.54) is 12.1 Å². The summed E-state index contributed by atoms with van der Waals surface area (Å²) < 4.78 is 5.06. The lowest BCUT2D eigenvalue weighted by atomic mass is 9.88. The first-order valence-corrected chi connectivity index (χ1v) is 6.22. The number of hydrogen-bond donors (Lipinski definition) is 2. The fraction of sp³-hybridized carbons (Fsp3) is 0.462. The van der Waals surface area contributed by atoms with Crippen LogP contribution < -0.4 is 5.32 Å². The Balaban J connectivity index is 2.19. The number of nitrogens with one attached hydrogen (secondary N) is 1. The van der Waals surface area contributed by atoms with Crippen LogP contribution in [0, 0.1) is 5.92 Å². The zero-order valence-corrected chi connectivity index (χ0v) is 11.5. The number of aromatic carboxylic acids is 1. The van der Waals surface area contributed by atoms with Gasteiger partial charge in [-0.25, -0.2) is 9.59 Å². The fourth-order valence-corrected chi connectivity index (χ4v) is 1.98. The maximum absolute atomic E-state index is 12.3. The highest BCUT2D eigenvalue weighted by molar-refractivity contribution is 6.06. The molecule has 7 nitrogen and oxygen atoms in total. The van der Waals surface area contributed by atoms with Crippen LogP contribution in [0.4, 0.5) is 4.79 Å². The van der Waals surface area contributed by atoms with Crippen molar-refractivity contribution in [3.63, 3.8) is 0 Å². The molecule has 0 saturated carbocycles. The van der Waals surface area contributed by atoms with Crippen LogP contribution in [0.2, 0.25) is 0 Å².